The number of carbonyl (C=O) groups excluding carboxylic acids is 1. The number of ether oxygens (including phenoxy) is 2. The summed E-state index contributed by atoms with van der Waals surface area (Å²) in [5.41, 5.74) is 1.60. The predicted molar refractivity (Wildman–Crippen MR) is 124 cm³/mol. The van der Waals surface area contributed by atoms with Crippen LogP contribution < -0.4 is 14.8 Å². The molecule has 0 aliphatic rings. The van der Waals surface area contributed by atoms with Gasteiger partial charge in [-0.15, -0.1) is 0 Å². The van der Waals surface area contributed by atoms with E-state index in [9.17, 15) is 20.2 Å². The zero-order chi connectivity index (χ0) is 23.8. The van der Waals surface area contributed by atoms with Gasteiger partial charge in [-0.2, -0.15) is 5.26 Å². The summed E-state index contributed by atoms with van der Waals surface area (Å²) in [6.07, 6.45) is 1.40. The fourth-order valence-electron chi connectivity index (χ4n) is 2.87. The first-order valence-corrected chi connectivity index (χ1v) is 10.0. The van der Waals surface area contributed by atoms with Crippen LogP contribution in [0.2, 0.25) is 5.02 Å². The zero-order valence-electron chi connectivity index (χ0n) is 17.4. The van der Waals surface area contributed by atoms with Crippen molar-refractivity contribution in [1.29, 1.82) is 5.26 Å². The Hall–Kier alpha value is -4.35. The normalized spacial score (nSPS) is 10.8. The highest BCUT2D eigenvalue weighted by Crippen LogP contribution is 2.37. The van der Waals surface area contributed by atoms with Crippen molar-refractivity contribution >= 4 is 35.0 Å². The quantitative estimate of drug-likeness (QED) is 0.207. The van der Waals surface area contributed by atoms with Crippen LogP contribution >= 0.6 is 11.6 Å². The summed E-state index contributed by atoms with van der Waals surface area (Å²) in [6.45, 7) is 0.103. The van der Waals surface area contributed by atoms with Crippen molar-refractivity contribution in [2.24, 2.45) is 0 Å². The highest BCUT2D eigenvalue weighted by Gasteiger charge is 2.15. The number of nitrogens with zero attached hydrogens (tertiary/aromatic N) is 2. The Morgan fingerprint density at radius 1 is 1.18 bits per heavy atom. The average molecular weight is 464 g/mol. The lowest BCUT2D eigenvalue weighted by molar-refractivity contribution is -0.384. The number of hydrogen-bond acceptors (Lipinski definition) is 6. The van der Waals surface area contributed by atoms with E-state index in [2.05, 4.69) is 5.32 Å². The van der Waals surface area contributed by atoms with Crippen LogP contribution in [-0.2, 0) is 11.4 Å². The molecule has 0 saturated carbocycles. The Balaban J connectivity index is 1.79. The number of amides is 1. The first kappa shape index (κ1) is 23.3. The van der Waals surface area contributed by atoms with Crippen LogP contribution in [0.1, 0.15) is 11.1 Å². The number of benzene rings is 3. The number of halogens is 1. The van der Waals surface area contributed by atoms with Crippen LogP contribution in [-0.4, -0.2) is 17.9 Å². The van der Waals surface area contributed by atoms with Gasteiger partial charge in [-0.05, 0) is 53.6 Å². The molecule has 9 heteroatoms. The average Bonchev–Trinajstić information content (AvgIpc) is 2.82. The Morgan fingerprint density at radius 2 is 1.88 bits per heavy atom. The summed E-state index contributed by atoms with van der Waals surface area (Å²) < 4.78 is 11.1. The van der Waals surface area contributed by atoms with E-state index in [0.29, 0.717) is 22.6 Å². The maximum Gasteiger partial charge on any atom is 0.269 e. The molecule has 0 spiro atoms. The second kappa shape index (κ2) is 10.8. The maximum absolute atomic E-state index is 12.4. The SMILES string of the molecule is COc1cc(C=C(C#N)C(=O)Nc2ccccc2)cc(Cl)c1OCc1ccc([N+](=O)[O-])cc1. The van der Waals surface area contributed by atoms with E-state index >= 15 is 0 Å². The number of hydrogen-bond donors (Lipinski definition) is 1. The van der Waals surface area contributed by atoms with Crippen LogP contribution in [0, 0.1) is 21.4 Å². The van der Waals surface area contributed by atoms with Gasteiger partial charge in [0.15, 0.2) is 11.5 Å². The molecule has 0 fully saturated rings. The van der Waals surface area contributed by atoms with E-state index in [1.807, 2.05) is 12.1 Å². The number of methoxy groups -OCH3 is 1. The molecule has 0 aromatic heterocycles. The summed E-state index contributed by atoms with van der Waals surface area (Å²) in [7, 11) is 1.44. The number of non-ortho nitro benzene ring substituents is 1. The Kier molecular flexibility index (Phi) is 7.63. The van der Waals surface area contributed by atoms with Crippen LogP contribution in [0.4, 0.5) is 11.4 Å². The largest absolute Gasteiger partial charge is 0.493 e. The molecule has 1 amide bonds. The second-order valence-electron chi connectivity index (χ2n) is 6.74. The van der Waals surface area contributed by atoms with Crippen molar-refractivity contribution in [3.05, 3.63) is 98.6 Å². The minimum absolute atomic E-state index is 0.0184. The number of para-hydroxylation sites is 1. The van der Waals surface area contributed by atoms with E-state index in [1.54, 1.807) is 48.5 Å². The Morgan fingerprint density at radius 3 is 2.48 bits per heavy atom. The number of nitrogens with one attached hydrogen (secondary N) is 1. The topological polar surface area (TPSA) is 114 Å². The number of anilines is 1. The molecule has 33 heavy (non-hydrogen) atoms. The van der Waals surface area contributed by atoms with Crippen LogP contribution in [0.25, 0.3) is 6.08 Å². The maximum atomic E-state index is 12.4. The van der Waals surface area contributed by atoms with E-state index in [4.69, 9.17) is 21.1 Å². The third-order valence-electron chi connectivity index (χ3n) is 4.49. The molecular weight excluding hydrogens is 446 g/mol. The molecule has 0 bridgehead atoms. The van der Waals surface area contributed by atoms with E-state index in [1.165, 1.54) is 25.3 Å². The summed E-state index contributed by atoms with van der Waals surface area (Å²) in [5.74, 6) is 0.00983. The highest BCUT2D eigenvalue weighted by atomic mass is 35.5. The molecular formula is C24H18ClN3O5. The monoisotopic (exact) mass is 463 g/mol. The lowest BCUT2D eigenvalue weighted by Crippen LogP contribution is -2.13. The fraction of sp³-hybridized carbons (Fsp3) is 0.0833. The lowest BCUT2D eigenvalue weighted by Gasteiger charge is -2.13. The van der Waals surface area contributed by atoms with Crippen molar-refractivity contribution in [3.63, 3.8) is 0 Å². The smallest absolute Gasteiger partial charge is 0.269 e. The number of rotatable bonds is 8. The summed E-state index contributed by atoms with van der Waals surface area (Å²) >= 11 is 6.38. The van der Waals surface area contributed by atoms with Gasteiger partial charge in [-0.3, -0.25) is 14.9 Å². The van der Waals surface area contributed by atoms with Crippen molar-refractivity contribution in [2.75, 3.05) is 12.4 Å². The number of nitro benzene ring substituents is 1. The van der Waals surface area contributed by atoms with Gasteiger partial charge < -0.3 is 14.8 Å². The van der Waals surface area contributed by atoms with Gasteiger partial charge in [0.2, 0.25) is 0 Å². The summed E-state index contributed by atoms with van der Waals surface area (Å²) in [4.78, 5) is 22.7. The third-order valence-corrected chi connectivity index (χ3v) is 4.77. The van der Waals surface area contributed by atoms with Gasteiger partial charge in [0, 0.05) is 17.8 Å². The van der Waals surface area contributed by atoms with Crippen molar-refractivity contribution in [1.82, 2.24) is 0 Å². The van der Waals surface area contributed by atoms with Gasteiger partial charge >= 0.3 is 0 Å². The highest BCUT2D eigenvalue weighted by molar-refractivity contribution is 6.32. The Labute approximate surface area is 194 Å². The van der Waals surface area contributed by atoms with Gasteiger partial charge in [0.25, 0.3) is 11.6 Å². The standard InChI is InChI=1S/C24H18ClN3O5/c1-32-22-13-17(11-18(14-26)24(29)27-19-5-3-2-4-6-19)12-21(25)23(22)33-15-16-7-9-20(10-8-16)28(30)31/h2-13H,15H2,1H3,(H,27,29). The van der Waals surface area contributed by atoms with E-state index in [0.717, 1.165) is 0 Å². The first-order chi connectivity index (χ1) is 15.9. The molecule has 8 nitrogen and oxygen atoms in total. The van der Waals surface area contributed by atoms with E-state index < -0.39 is 10.8 Å². The van der Waals surface area contributed by atoms with Gasteiger partial charge in [-0.1, -0.05) is 29.8 Å². The first-order valence-electron chi connectivity index (χ1n) is 9.63. The van der Waals surface area contributed by atoms with E-state index in [-0.39, 0.29) is 28.6 Å². The van der Waals surface area contributed by atoms with Crippen molar-refractivity contribution in [3.8, 4) is 17.6 Å². The molecule has 0 unspecified atom stereocenters. The fourth-order valence-corrected chi connectivity index (χ4v) is 3.14. The second-order valence-corrected chi connectivity index (χ2v) is 7.14. The molecule has 0 atom stereocenters. The summed E-state index contributed by atoms with van der Waals surface area (Å²) in [5, 5.41) is 23.1. The molecule has 3 aromatic carbocycles. The predicted octanol–water partition coefficient (Wildman–Crippen LogP) is 5.38. The van der Waals surface area contributed by atoms with Crippen molar-refractivity contribution in [2.45, 2.75) is 6.61 Å². The number of carbonyl (C=O) groups is 1. The van der Waals surface area contributed by atoms with Crippen LogP contribution in [0.15, 0.2) is 72.3 Å². The molecule has 166 valence electrons. The van der Waals surface area contributed by atoms with Gasteiger partial charge in [0.05, 0.1) is 17.1 Å². The van der Waals surface area contributed by atoms with Gasteiger partial charge in [-0.25, -0.2) is 0 Å². The summed E-state index contributed by atoms with van der Waals surface area (Å²) in [6, 6.07) is 19.7. The minimum atomic E-state index is -0.558. The molecule has 1 N–H and O–H groups in total. The molecule has 0 saturated heterocycles. The number of nitriles is 1. The zero-order valence-corrected chi connectivity index (χ0v) is 18.2. The minimum Gasteiger partial charge on any atom is -0.493 e. The molecule has 0 aliphatic heterocycles. The molecule has 3 rings (SSSR count). The molecule has 0 aliphatic carbocycles. The number of nitro groups is 1. The van der Waals surface area contributed by atoms with Crippen molar-refractivity contribution < 1.29 is 19.2 Å². The molecule has 0 radical (unpaired) electrons. The lowest BCUT2D eigenvalue weighted by atomic mass is 10.1. The van der Waals surface area contributed by atoms with Gasteiger partial charge in [0.1, 0.15) is 18.2 Å². The molecule has 0 heterocycles. The van der Waals surface area contributed by atoms with Crippen LogP contribution in [0.5, 0.6) is 11.5 Å². The third kappa shape index (κ3) is 6.09. The molecule has 3 aromatic rings. The van der Waals surface area contributed by atoms with Crippen LogP contribution in [0.3, 0.4) is 0 Å². The Bertz CT molecular complexity index is 1240.